The van der Waals surface area contributed by atoms with Gasteiger partial charge in [0.05, 0.1) is 25.9 Å². The third-order valence-electron chi connectivity index (χ3n) is 6.21. The van der Waals surface area contributed by atoms with Crippen LogP contribution in [0.25, 0.3) is 0 Å². The lowest BCUT2D eigenvalue weighted by molar-refractivity contribution is -0.159. The van der Waals surface area contributed by atoms with Crippen LogP contribution in [0.15, 0.2) is 0 Å². The lowest BCUT2D eigenvalue weighted by Gasteiger charge is -2.46. The van der Waals surface area contributed by atoms with Gasteiger partial charge in [-0.1, -0.05) is 12.8 Å². The van der Waals surface area contributed by atoms with Gasteiger partial charge in [0, 0.05) is 32.8 Å². The van der Waals surface area contributed by atoms with Crippen molar-refractivity contribution in [1.82, 2.24) is 9.80 Å². The van der Waals surface area contributed by atoms with Gasteiger partial charge in [-0.05, 0) is 25.7 Å². The van der Waals surface area contributed by atoms with Crippen LogP contribution in [-0.2, 0) is 19.0 Å². The molecular formula is C18H30N2O4. The summed E-state index contributed by atoms with van der Waals surface area (Å²) >= 11 is 0. The lowest BCUT2D eigenvalue weighted by atomic mass is 9.91. The Morgan fingerprint density at radius 1 is 0.875 bits per heavy atom. The van der Waals surface area contributed by atoms with Crippen LogP contribution in [0, 0.1) is 0 Å². The summed E-state index contributed by atoms with van der Waals surface area (Å²) in [6.45, 7) is 6.12. The third kappa shape index (κ3) is 3.09. The average molecular weight is 338 g/mol. The summed E-state index contributed by atoms with van der Waals surface area (Å²) in [7, 11) is 0. The van der Waals surface area contributed by atoms with E-state index in [-0.39, 0.29) is 17.7 Å². The number of hydrogen-bond acceptors (Lipinski definition) is 5. The minimum absolute atomic E-state index is 0.0494. The molecule has 0 N–H and O–H groups in total. The highest BCUT2D eigenvalue weighted by molar-refractivity contribution is 5.87. The maximum absolute atomic E-state index is 13.5. The summed E-state index contributed by atoms with van der Waals surface area (Å²) in [5, 5.41) is 0. The van der Waals surface area contributed by atoms with E-state index in [1.54, 1.807) is 0 Å². The summed E-state index contributed by atoms with van der Waals surface area (Å²) in [6.07, 6.45) is 6.68. The van der Waals surface area contributed by atoms with Crippen molar-refractivity contribution in [3.8, 4) is 0 Å². The van der Waals surface area contributed by atoms with E-state index in [1.807, 2.05) is 0 Å². The highest BCUT2D eigenvalue weighted by Crippen LogP contribution is 2.38. The Labute approximate surface area is 144 Å². The van der Waals surface area contributed by atoms with Gasteiger partial charge < -0.3 is 19.1 Å². The first-order valence-corrected chi connectivity index (χ1v) is 9.65. The Kier molecular flexibility index (Phi) is 5.08. The second-order valence-corrected chi connectivity index (χ2v) is 7.55. The van der Waals surface area contributed by atoms with Crippen LogP contribution in [0.4, 0.5) is 0 Å². The number of ether oxygens (including phenoxy) is 3. The molecule has 0 radical (unpaired) electrons. The molecule has 0 aromatic carbocycles. The smallest absolute Gasteiger partial charge is 0.243 e. The molecule has 3 aliphatic heterocycles. The van der Waals surface area contributed by atoms with Gasteiger partial charge in [0.15, 0.2) is 0 Å². The normalized spacial score (nSPS) is 34.6. The number of carbonyl (C=O) groups is 1. The Bertz CT molecular complexity index is 440. The van der Waals surface area contributed by atoms with E-state index >= 15 is 0 Å². The summed E-state index contributed by atoms with van der Waals surface area (Å²) in [4.78, 5) is 18.0. The lowest BCUT2D eigenvalue weighted by Crippen LogP contribution is -2.63. The first-order valence-electron chi connectivity index (χ1n) is 9.65. The van der Waals surface area contributed by atoms with E-state index < -0.39 is 0 Å². The van der Waals surface area contributed by atoms with Gasteiger partial charge in [0.25, 0.3) is 0 Å². The SMILES string of the molecule is O=C(N1CCO[C@@H]([C@H]2CCCO2)C1)C1(N2CCOCC2)CCCC1. The molecule has 4 rings (SSSR count). The molecule has 24 heavy (non-hydrogen) atoms. The molecule has 0 spiro atoms. The highest BCUT2D eigenvalue weighted by Gasteiger charge is 2.49. The molecule has 0 aromatic rings. The van der Waals surface area contributed by atoms with E-state index in [2.05, 4.69) is 9.80 Å². The van der Waals surface area contributed by atoms with Crippen LogP contribution in [0.5, 0.6) is 0 Å². The Morgan fingerprint density at radius 3 is 2.33 bits per heavy atom. The van der Waals surface area contributed by atoms with Crippen molar-refractivity contribution in [3.05, 3.63) is 0 Å². The van der Waals surface area contributed by atoms with Gasteiger partial charge in [0.1, 0.15) is 11.6 Å². The minimum Gasteiger partial charge on any atom is -0.379 e. The van der Waals surface area contributed by atoms with Crippen LogP contribution < -0.4 is 0 Å². The van der Waals surface area contributed by atoms with Gasteiger partial charge in [-0.3, -0.25) is 9.69 Å². The molecule has 1 saturated carbocycles. The summed E-state index contributed by atoms with van der Waals surface area (Å²) in [5.41, 5.74) is -0.289. The molecule has 2 atom stereocenters. The Morgan fingerprint density at radius 2 is 1.62 bits per heavy atom. The molecule has 6 heteroatoms. The molecule has 1 aliphatic carbocycles. The maximum Gasteiger partial charge on any atom is 0.243 e. The van der Waals surface area contributed by atoms with Crippen LogP contribution in [0.3, 0.4) is 0 Å². The molecule has 0 aromatic heterocycles. The molecule has 0 unspecified atom stereocenters. The van der Waals surface area contributed by atoms with Gasteiger partial charge in [-0.15, -0.1) is 0 Å². The largest absolute Gasteiger partial charge is 0.379 e. The Hall–Kier alpha value is -0.690. The highest BCUT2D eigenvalue weighted by atomic mass is 16.5. The van der Waals surface area contributed by atoms with E-state index in [9.17, 15) is 4.79 Å². The number of carbonyl (C=O) groups excluding carboxylic acids is 1. The quantitative estimate of drug-likeness (QED) is 0.770. The van der Waals surface area contributed by atoms with E-state index in [1.165, 1.54) is 0 Å². The maximum atomic E-state index is 13.5. The van der Waals surface area contributed by atoms with E-state index in [0.29, 0.717) is 25.6 Å². The number of rotatable bonds is 3. The minimum atomic E-state index is -0.289. The van der Waals surface area contributed by atoms with Crippen molar-refractivity contribution in [2.45, 2.75) is 56.3 Å². The van der Waals surface area contributed by atoms with Gasteiger partial charge in [0.2, 0.25) is 5.91 Å². The number of amides is 1. The van der Waals surface area contributed by atoms with Crippen LogP contribution >= 0.6 is 0 Å². The molecule has 1 amide bonds. The third-order valence-corrected chi connectivity index (χ3v) is 6.21. The molecule has 6 nitrogen and oxygen atoms in total. The second-order valence-electron chi connectivity index (χ2n) is 7.55. The van der Waals surface area contributed by atoms with Crippen LogP contribution in [0.2, 0.25) is 0 Å². The van der Waals surface area contributed by atoms with E-state index in [0.717, 1.165) is 71.4 Å². The van der Waals surface area contributed by atoms with Crippen molar-refractivity contribution in [3.63, 3.8) is 0 Å². The standard InChI is InChI=1S/C18H30N2O4/c21-17(18(5-1-2-6-18)20-8-11-22-12-9-20)19-7-13-24-16(14-19)15-4-3-10-23-15/h15-16H,1-14H2/t15-,16-/m1/s1. The van der Waals surface area contributed by atoms with Crippen molar-refractivity contribution in [1.29, 1.82) is 0 Å². The topological polar surface area (TPSA) is 51.2 Å². The summed E-state index contributed by atoms with van der Waals surface area (Å²) in [6, 6.07) is 0. The summed E-state index contributed by atoms with van der Waals surface area (Å²) in [5.74, 6) is 0.327. The molecular weight excluding hydrogens is 308 g/mol. The van der Waals surface area contributed by atoms with E-state index in [4.69, 9.17) is 14.2 Å². The first kappa shape index (κ1) is 16.8. The van der Waals surface area contributed by atoms with Gasteiger partial charge in [-0.25, -0.2) is 0 Å². The zero-order chi connectivity index (χ0) is 16.4. The number of hydrogen-bond donors (Lipinski definition) is 0. The zero-order valence-electron chi connectivity index (χ0n) is 14.6. The molecule has 3 heterocycles. The first-order chi connectivity index (χ1) is 11.8. The van der Waals surface area contributed by atoms with Crippen LogP contribution in [0.1, 0.15) is 38.5 Å². The van der Waals surface area contributed by atoms with Gasteiger partial charge in [-0.2, -0.15) is 0 Å². The van der Waals surface area contributed by atoms with Crippen molar-refractivity contribution in [2.24, 2.45) is 0 Å². The fraction of sp³-hybridized carbons (Fsp3) is 0.944. The van der Waals surface area contributed by atoms with Crippen molar-refractivity contribution in [2.75, 3.05) is 52.6 Å². The predicted molar refractivity (Wildman–Crippen MR) is 88.9 cm³/mol. The zero-order valence-corrected chi connectivity index (χ0v) is 14.6. The molecule has 0 bridgehead atoms. The molecule has 4 aliphatic rings. The average Bonchev–Trinajstić information content (AvgIpc) is 3.34. The fourth-order valence-electron chi connectivity index (χ4n) is 4.89. The molecule has 3 saturated heterocycles. The number of nitrogens with zero attached hydrogens (tertiary/aromatic N) is 2. The molecule has 4 fully saturated rings. The van der Waals surface area contributed by atoms with Crippen LogP contribution in [-0.4, -0.2) is 86.1 Å². The predicted octanol–water partition coefficient (Wildman–Crippen LogP) is 1.04. The monoisotopic (exact) mass is 338 g/mol. The van der Waals surface area contributed by atoms with Gasteiger partial charge >= 0.3 is 0 Å². The number of morpholine rings is 2. The molecule has 136 valence electrons. The summed E-state index contributed by atoms with van der Waals surface area (Å²) < 4.78 is 17.2. The fourth-order valence-corrected chi connectivity index (χ4v) is 4.89. The second kappa shape index (κ2) is 7.28. The Balaban J connectivity index is 1.47. The van der Waals surface area contributed by atoms with Crippen molar-refractivity contribution >= 4 is 5.91 Å². The van der Waals surface area contributed by atoms with Crippen molar-refractivity contribution < 1.29 is 19.0 Å².